The predicted molar refractivity (Wildman–Crippen MR) is 99.0 cm³/mol. The highest BCUT2D eigenvalue weighted by Crippen LogP contribution is 2.30. The molecule has 0 fully saturated rings. The zero-order valence-electron chi connectivity index (χ0n) is 14.4. The van der Waals surface area contributed by atoms with Gasteiger partial charge in [0, 0.05) is 19.2 Å². The average molecular weight is 349 g/mol. The highest BCUT2D eigenvalue weighted by molar-refractivity contribution is 5.94. The van der Waals surface area contributed by atoms with Crippen LogP contribution in [0.1, 0.15) is 24.0 Å². The number of hydrogen-bond acceptors (Lipinski definition) is 2. The van der Waals surface area contributed by atoms with E-state index in [1.54, 1.807) is 21.8 Å². The summed E-state index contributed by atoms with van der Waals surface area (Å²) in [5.74, 6) is -0.351. The Morgan fingerprint density at radius 3 is 2.81 bits per heavy atom. The Bertz CT molecular complexity index is 920. The van der Waals surface area contributed by atoms with Gasteiger partial charge >= 0.3 is 0 Å². The van der Waals surface area contributed by atoms with Gasteiger partial charge in [0.15, 0.2) is 0 Å². The van der Waals surface area contributed by atoms with Crippen LogP contribution in [-0.4, -0.2) is 22.2 Å². The van der Waals surface area contributed by atoms with E-state index >= 15 is 0 Å². The van der Waals surface area contributed by atoms with Crippen LogP contribution in [0.25, 0.3) is 5.69 Å². The van der Waals surface area contributed by atoms with Crippen molar-refractivity contribution in [2.75, 3.05) is 11.4 Å². The molecule has 0 spiro atoms. The van der Waals surface area contributed by atoms with Crippen LogP contribution in [0.15, 0.2) is 60.9 Å². The first-order valence-corrected chi connectivity index (χ1v) is 8.89. The molecule has 2 heterocycles. The molecule has 0 radical (unpaired) electrons. The van der Waals surface area contributed by atoms with E-state index in [0.717, 1.165) is 29.7 Å². The molecule has 0 N–H and O–H groups in total. The molecular weight excluding hydrogens is 329 g/mol. The summed E-state index contributed by atoms with van der Waals surface area (Å²) >= 11 is 0. The molecule has 4 nitrogen and oxygen atoms in total. The molecule has 1 aliphatic heterocycles. The number of amides is 1. The fourth-order valence-corrected chi connectivity index (χ4v) is 3.45. The quantitative estimate of drug-likeness (QED) is 0.716. The summed E-state index contributed by atoms with van der Waals surface area (Å²) in [5.41, 5.74) is 3.36. The van der Waals surface area contributed by atoms with Gasteiger partial charge in [0.1, 0.15) is 5.82 Å². The molecule has 1 amide bonds. The highest BCUT2D eigenvalue weighted by atomic mass is 19.1. The number of benzene rings is 2. The minimum Gasteiger partial charge on any atom is -0.309 e. The summed E-state index contributed by atoms with van der Waals surface area (Å²) in [6.07, 6.45) is 6.34. The SMILES string of the molecule is O=C(CCc1cnn(-c2ccccc2)c1)N1CCCc2cccc(F)c21. The summed E-state index contributed by atoms with van der Waals surface area (Å²) in [4.78, 5) is 14.3. The first-order valence-electron chi connectivity index (χ1n) is 8.89. The standard InChI is InChI=1S/C21H20FN3O/c22-19-10-4-6-17-7-5-13-24(21(17)19)20(26)12-11-16-14-23-25(15-16)18-8-2-1-3-9-18/h1-4,6,8-10,14-15H,5,7,11-13H2. The van der Waals surface area contributed by atoms with E-state index in [1.807, 2.05) is 42.6 Å². The van der Waals surface area contributed by atoms with Crippen molar-refractivity contribution in [1.82, 2.24) is 9.78 Å². The maximum absolute atomic E-state index is 14.2. The molecule has 0 aliphatic carbocycles. The number of carbonyl (C=O) groups excluding carboxylic acids is 1. The van der Waals surface area contributed by atoms with Crippen molar-refractivity contribution in [3.8, 4) is 5.69 Å². The molecule has 1 aliphatic rings. The Balaban J connectivity index is 1.45. The number of aryl methyl sites for hydroxylation is 2. The summed E-state index contributed by atoms with van der Waals surface area (Å²) in [6.45, 7) is 0.579. The van der Waals surface area contributed by atoms with Gasteiger partial charge < -0.3 is 4.90 Å². The lowest BCUT2D eigenvalue weighted by Gasteiger charge is -2.29. The number of fused-ring (bicyclic) bond motifs is 1. The molecule has 0 bridgehead atoms. The van der Waals surface area contributed by atoms with Crippen LogP contribution >= 0.6 is 0 Å². The minimum absolute atomic E-state index is 0.0384. The average Bonchev–Trinajstić information content (AvgIpc) is 3.16. The summed E-state index contributed by atoms with van der Waals surface area (Å²) in [5, 5.41) is 4.36. The molecule has 1 aromatic heterocycles. The molecule has 5 heteroatoms. The second-order valence-corrected chi connectivity index (χ2v) is 6.53. The van der Waals surface area contributed by atoms with E-state index in [4.69, 9.17) is 0 Å². The van der Waals surface area contributed by atoms with Crippen LogP contribution in [0.3, 0.4) is 0 Å². The largest absolute Gasteiger partial charge is 0.309 e. The normalized spacial score (nSPS) is 13.5. The Hall–Kier alpha value is -2.95. The fourth-order valence-electron chi connectivity index (χ4n) is 3.45. The predicted octanol–water partition coefficient (Wildman–Crippen LogP) is 3.92. The molecule has 0 atom stereocenters. The number of anilines is 1. The van der Waals surface area contributed by atoms with Gasteiger partial charge in [-0.3, -0.25) is 4.79 Å². The van der Waals surface area contributed by atoms with Gasteiger partial charge in [0.2, 0.25) is 5.91 Å². The Morgan fingerprint density at radius 1 is 1.12 bits per heavy atom. The van der Waals surface area contributed by atoms with Crippen LogP contribution in [0.5, 0.6) is 0 Å². The van der Waals surface area contributed by atoms with Gasteiger partial charge in [-0.05, 0) is 48.6 Å². The lowest BCUT2D eigenvalue weighted by Crippen LogP contribution is -2.36. The van der Waals surface area contributed by atoms with E-state index in [1.165, 1.54) is 6.07 Å². The topological polar surface area (TPSA) is 38.1 Å². The van der Waals surface area contributed by atoms with Crippen molar-refractivity contribution in [1.29, 1.82) is 0 Å². The molecular formula is C21H20FN3O. The van der Waals surface area contributed by atoms with E-state index in [-0.39, 0.29) is 11.7 Å². The second-order valence-electron chi connectivity index (χ2n) is 6.53. The van der Waals surface area contributed by atoms with Crippen molar-refractivity contribution in [3.05, 3.63) is 77.9 Å². The van der Waals surface area contributed by atoms with E-state index < -0.39 is 0 Å². The van der Waals surface area contributed by atoms with Gasteiger partial charge in [-0.25, -0.2) is 9.07 Å². The minimum atomic E-state index is -0.313. The third-order valence-corrected chi connectivity index (χ3v) is 4.75. The first kappa shape index (κ1) is 16.5. The maximum atomic E-state index is 14.2. The molecule has 0 saturated carbocycles. The van der Waals surface area contributed by atoms with Crippen molar-refractivity contribution in [2.24, 2.45) is 0 Å². The van der Waals surface area contributed by atoms with Crippen molar-refractivity contribution >= 4 is 11.6 Å². The van der Waals surface area contributed by atoms with Gasteiger partial charge in [-0.15, -0.1) is 0 Å². The molecule has 0 unspecified atom stereocenters. The number of halogens is 1. The molecule has 132 valence electrons. The number of hydrogen-bond donors (Lipinski definition) is 0. The van der Waals surface area contributed by atoms with E-state index in [0.29, 0.717) is 25.1 Å². The second kappa shape index (κ2) is 7.12. The molecule has 0 saturated heterocycles. The fraction of sp³-hybridized carbons (Fsp3) is 0.238. The molecule has 2 aromatic carbocycles. The zero-order valence-corrected chi connectivity index (χ0v) is 14.4. The van der Waals surface area contributed by atoms with E-state index in [9.17, 15) is 9.18 Å². The third-order valence-electron chi connectivity index (χ3n) is 4.75. The van der Waals surface area contributed by atoms with E-state index in [2.05, 4.69) is 5.10 Å². The molecule has 4 rings (SSSR count). The highest BCUT2D eigenvalue weighted by Gasteiger charge is 2.25. The Kier molecular flexibility index (Phi) is 4.52. The van der Waals surface area contributed by atoms with Crippen LogP contribution < -0.4 is 4.90 Å². The number of carbonyl (C=O) groups is 1. The monoisotopic (exact) mass is 349 g/mol. The lowest BCUT2D eigenvalue weighted by molar-refractivity contribution is -0.118. The van der Waals surface area contributed by atoms with Crippen molar-refractivity contribution in [3.63, 3.8) is 0 Å². The third kappa shape index (κ3) is 3.25. The van der Waals surface area contributed by atoms with Gasteiger partial charge in [0.05, 0.1) is 17.6 Å². The summed E-state index contributed by atoms with van der Waals surface area (Å²) in [6, 6.07) is 14.9. The maximum Gasteiger partial charge on any atom is 0.227 e. The lowest BCUT2D eigenvalue weighted by atomic mass is 10.0. The van der Waals surface area contributed by atoms with Gasteiger partial charge in [0.25, 0.3) is 0 Å². The Labute approximate surface area is 151 Å². The van der Waals surface area contributed by atoms with Crippen LogP contribution in [0.4, 0.5) is 10.1 Å². The number of para-hydroxylation sites is 2. The summed E-state index contributed by atoms with van der Waals surface area (Å²) < 4.78 is 16.0. The van der Waals surface area contributed by atoms with Crippen molar-refractivity contribution < 1.29 is 9.18 Å². The first-order chi connectivity index (χ1) is 12.7. The van der Waals surface area contributed by atoms with Crippen LogP contribution in [0.2, 0.25) is 0 Å². The van der Waals surface area contributed by atoms with Crippen molar-refractivity contribution in [2.45, 2.75) is 25.7 Å². The van der Waals surface area contributed by atoms with Gasteiger partial charge in [-0.2, -0.15) is 5.10 Å². The smallest absolute Gasteiger partial charge is 0.227 e. The number of nitrogens with zero attached hydrogens (tertiary/aromatic N) is 3. The number of rotatable bonds is 4. The Morgan fingerprint density at radius 2 is 1.96 bits per heavy atom. The van der Waals surface area contributed by atoms with Gasteiger partial charge in [-0.1, -0.05) is 30.3 Å². The van der Waals surface area contributed by atoms with Crippen LogP contribution in [0, 0.1) is 5.82 Å². The molecule has 3 aromatic rings. The zero-order chi connectivity index (χ0) is 17.9. The van der Waals surface area contributed by atoms with Crippen LogP contribution in [-0.2, 0) is 17.6 Å². The number of aromatic nitrogens is 2. The summed E-state index contributed by atoms with van der Waals surface area (Å²) in [7, 11) is 0. The molecule has 26 heavy (non-hydrogen) atoms.